The summed E-state index contributed by atoms with van der Waals surface area (Å²) in [6, 6.07) is 2.95. The average molecular weight is 315 g/mol. The second-order valence-electron chi connectivity index (χ2n) is 4.29. The number of hydrogen-bond acceptors (Lipinski definition) is 4. The summed E-state index contributed by atoms with van der Waals surface area (Å²) in [4.78, 5) is 10.3. The number of nitro benzene ring substituents is 1. The van der Waals surface area contributed by atoms with Crippen molar-refractivity contribution < 1.29 is 4.92 Å². The van der Waals surface area contributed by atoms with Gasteiger partial charge in [0.25, 0.3) is 5.69 Å². The Bertz CT molecular complexity index is 642. The highest BCUT2D eigenvalue weighted by atomic mass is 35.5. The molecule has 1 aromatic heterocycles. The zero-order valence-electron chi connectivity index (χ0n) is 10.7. The predicted octanol–water partition coefficient (Wildman–Crippen LogP) is 3.31. The molecular formula is C12H12Cl2N4O2. The standard InChI is InChI=1S/C12H12Cl2N4O2/c1-8-5-12(18(19)20)10(14)6-11(8)17-7-9(15-16-17)3-2-4-13/h5-7H,2-4H2,1H3. The quantitative estimate of drug-likeness (QED) is 0.482. The summed E-state index contributed by atoms with van der Waals surface area (Å²) in [5, 5.41) is 18.9. The van der Waals surface area contributed by atoms with Gasteiger partial charge in [0.1, 0.15) is 5.02 Å². The maximum Gasteiger partial charge on any atom is 0.288 e. The summed E-state index contributed by atoms with van der Waals surface area (Å²) < 4.78 is 1.56. The Morgan fingerprint density at radius 3 is 2.85 bits per heavy atom. The van der Waals surface area contributed by atoms with Gasteiger partial charge in [0.2, 0.25) is 0 Å². The van der Waals surface area contributed by atoms with Gasteiger partial charge in [-0.15, -0.1) is 16.7 Å². The van der Waals surface area contributed by atoms with Gasteiger partial charge in [0, 0.05) is 11.9 Å². The molecule has 2 aromatic rings. The summed E-state index contributed by atoms with van der Waals surface area (Å²) in [6.45, 7) is 1.76. The number of halogens is 2. The second-order valence-corrected chi connectivity index (χ2v) is 5.08. The Morgan fingerprint density at radius 2 is 2.20 bits per heavy atom. The first-order chi connectivity index (χ1) is 9.52. The third kappa shape index (κ3) is 3.08. The van der Waals surface area contributed by atoms with E-state index in [1.165, 1.54) is 12.1 Å². The molecule has 0 spiro atoms. The number of rotatable bonds is 5. The lowest BCUT2D eigenvalue weighted by Gasteiger charge is -2.06. The first kappa shape index (κ1) is 14.7. The van der Waals surface area contributed by atoms with Gasteiger partial charge in [-0.3, -0.25) is 10.1 Å². The number of aryl methyl sites for hydroxylation is 2. The van der Waals surface area contributed by atoms with Crippen molar-refractivity contribution in [2.45, 2.75) is 19.8 Å². The van der Waals surface area contributed by atoms with Crippen LogP contribution in [0, 0.1) is 17.0 Å². The fourth-order valence-corrected chi connectivity index (χ4v) is 2.18. The molecule has 1 aromatic carbocycles. The van der Waals surface area contributed by atoms with E-state index >= 15 is 0 Å². The molecule has 1 heterocycles. The molecule has 0 N–H and O–H groups in total. The summed E-state index contributed by atoms with van der Waals surface area (Å²) in [5.74, 6) is 0.565. The molecule has 20 heavy (non-hydrogen) atoms. The lowest BCUT2D eigenvalue weighted by Crippen LogP contribution is -2.00. The van der Waals surface area contributed by atoms with Crippen LogP contribution in [-0.4, -0.2) is 25.8 Å². The van der Waals surface area contributed by atoms with E-state index in [1.54, 1.807) is 17.8 Å². The summed E-state index contributed by atoms with van der Waals surface area (Å²) in [7, 11) is 0. The summed E-state index contributed by atoms with van der Waals surface area (Å²) in [5.41, 5.74) is 2.08. The van der Waals surface area contributed by atoms with E-state index in [2.05, 4.69) is 10.3 Å². The Morgan fingerprint density at radius 1 is 1.45 bits per heavy atom. The van der Waals surface area contributed by atoms with Crippen LogP contribution in [0.25, 0.3) is 5.69 Å². The molecule has 0 saturated carbocycles. The van der Waals surface area contributed by atoms with E-state index in [1.807, 2.05) is 0 Å². The molecular weight excluding hydrogens is 303 g/mol. The summed E-state index contributed by atoms with van der Waals surface area (Å²) in [6.07, 6.45) is 3.33. The van der Waals surface area contributed by atoms with Gasteiger partial charge < -0.3 is 0 Å². The van der Waals surface area contributed by atoms with Crippen molar-refractivity contribution in [1.29, 1.82) is 0 Å². The van der Waals surface area contributed by atoms with E-state index in [0.717, 1.165) is 18.5 Å². The smallest absolute Gasteiger partial charge is 0.258 e. The topological polar surface area (TPSA) is 73.8 Å². The van der Waals surface area contributed by atoms with Crippen LogP contribution in [0.5, 0.6) is 0 Å². The molecule has 6 nitrogen and oxygen atoms in total. The highest BCUT2D eigenvalue weighted by Crippen LogP contribution is 2.29. The minimum atomic E-state index is -0.508. The van der Waals surface area contributed by atoms with E-state index in [4.69, 9.17) is 23.2 Å². The number of nitrogens with zero attached hydrogens (tertiary/aromatic N) is 4. The molecule has 2 rings (SSSR count). The molecule has 0 fully saturated rings. The zero-order valence-corrected chi connectivity index (χ0v) is 12.2. The fraction of sp³-hybridized carbons (Fsp3) is 0.333. The number of hydrogen-bond donors (Lipinski definition) is 0. The third-order valence-electron chi connectivity index (χ3n) is 2.82. The van der Waals surface area contributed by atoms with Gasteiger partial charge in [-0.25, -0.2) is 4.68 Å². The molecule has 0 unspecified atom stereocenters. The van der Waals surface area contributed by atoms with Crippen molar-refractivity contribution in [2.24, 2.45) is 0 Å². The van der Waals surface area contributed by atoms with Gasteiger partial charge in [0.15, 0.2) is 0 Å². The number of alkyl halides is 1. The van der Waals surface area contributed by atoms with E-state index in [0.29, 0.717) is 17.1 Å². The fourth-order valence-electron chi connectivity index (χ4n) is 1.82. The highest BCUT2D eigenvalue weighted by Gasteiger charge is 2.16. The Hall–Kier alpha value is -1.66. The third-order valence-corrected chi connectivity index (χ3v) is 3.39. The molecule has 0 aliphatic rings. The van der Waals surface area contributed by atoms with Crippen LogP contribution in [-0.2, 0) is 6.42 Å². The molecule has 8 heteroatoms. The van der Waals surface area contributed by atoms with E-state index in [-0.39, 0.29) is 10.7 Å². The Kier molecular flexibility index (Phi) is 4.57. The van der Waals surface area contributed by atoms with Crippen molar-refractivity contribution >= 4 is 28.9 Å². The number of benzene rings is 1. The average Bonchev–Trinajstić information content (AvgIpc) is 2.86. The predicted molar refractivity (Wildman–Crippen MR) is 76.8 cm³/mol. The highest BCUT2D eigenvalue weighted by molar-refractivity contribution is 6.32. The monoisotopic (exact) mass is 314 g/mol. The largest absolute Gasteiger partial charge is 0.288 e. The van der Waals surface area contributed by atoms with Crippen LogP contribution in [0.4, 0.5) is 5.69 Å². The van der Waals surface area contributed by atoms with E-state index < -0.39 is 4.92 Å². The first-order valence-corrected chi connectivity index (χ1v) is 6.86. The molecule has 0 radical (unpaired) electrons. The van der Waals surface area contributed by atoms with Crippen LogP contribution < -0.4 is 0 Å². The van der Waals surface area contributed by atoms with Crippen LogP contribution in [0.1, 0.15) is 17.7 Å². The number of nitro groups is 1. The van der Waals surface area contributed by atoms with Gasteiger partial charge in [-0.2, -0.15) is 0 Å². The molecule has 0 aliphatic heterocycles. The first-order valence-electron chi connectivity index (χ1n) is 5.95. The van der Waals surface area contributed by atoms with Crippen LogP contribution in [0.2, 0.25) is 5.02 Å². The van der Waals surface area contributed by atoms with Gasteiger partial charge in [0.05, 0.1) is 22.5 Å². The SMILES string of the molecule is Cc1cc([N+](=O)[O-])c(Cl)cc1-n1cc(CCCCl)nn1. The molecule has 0 amide bonds. The van der Waals surface area contributed by atoms with Crippen molar-refractivity contribution in [3.63, 3.8) is 0 Å². The second kappa shape index (κ2) is 6.19. The molecule has 0 bridgehead atoms. The molecule has 0 aliphatic carbocycles. The van der Waals surface area contributed by atoms with Crippen LogP contribution in [0.15, 0.2) is 18.3 Å². The Labute approximate surface area is 125 Å². The van der Waals surface area contributed by atoms with Crippen LogP contribution in [0.3, 0.4) is 0 Å². The van der Waals surface area contributed by atoms with Gasteiger partial charge in [-0.05, 0) is 31.4 Å². The summed E-state index contributed by atoms with van der Waals surface area (Å²) >= 11 is 11.5. The normalized spacial score (nSPS) is 10.8. The van der Waals surface area contributed by atoms with Crippen molar-refractivity contribution in [3.8, 4) is 5.69 Å². The maximum absolute atomic E-state index is 10.8. The maximum atomic E-state index is 10.8. The number of aromatic nitrogens is 3. The van der Waals surface area contributed by atoms with Crippen molar-refractivity contribution in [3.05, 3.63) is 44.7 Å². The van der Waals surface area contributed by atoms with Gasteiger partial charge >= 0.3 is 0 Å². The van der Waals surface area contributed by atoms with Crippen LogP contribution >= 0.6 is 23.2 Å². The van der Waals surface area contributed by atoms with Crippen molar-refractivity contribution in [2.75, 3.05) is 5.88 Å². The molecule has 0 atom stereocenters. The molecule has 0 saturated heterocycles. The van der Waals surface area contributed by atoms with E-state index in [9.17, 15) is 10.1 Å². The molecule has 106 valence electrons. The lowest BCUT2D eigenvalue weighted by molar-refractivity contribution is -0.384. The zero-order chi connectivity index (χ0) is 14.7. The lowest BCUT2D eigenvalue weighted by atomic mass is 10.2. The Balaban J connectivity index is 2.35. The minimum Gasteiger partial charge on any atom is -0.258 e. The van der Waals surface area contributed by atoms with Crippen molar-refractivity contribution in [1.82, 2.24) is 15.0 Å². The van der Waals surface area contributed by atoms with Gasteiger partial charge in [-0.1, -0.05) is 16.8 Å². The minimum absolute atomic E-state index is 0.0772.